The summed E-state index contributed by atoms with van der Waals surface area (Å²) >= 11 is 0. The van der Waals surface area contributed by atoms with Gasteiger partial charge in [0.1, 0.15) is 17.1 Å². The highest BCUT2D eigenvalue weighted by Crippen LogP contribution is 2.52. The summed E-state index contributed by atoms with van der Waals surface area (Å²) in [5, 5.41) is 14.2. The summed E-state index contributed by atoms with van der Waals surface area (Å²) in [4.78, 5) is 13.7. The fourth-order valence-corrected chi connectivity index (χ4v) is 6.13. The highest BCUT2D eigenvalue weighted by atomic mass is 32.2. The van der Waals surface area contributed by atoms with E-state index in [1.54, 1.807) is 0 Å². The van der Waals surface area contributed by atoms with Crippen LogP contribution in [0, 0.1) is 11.2 Å². The van der Waals surface area contributed by atoms with Crippen LogP contribution in [0.1, 0.15) is 32.8 Å². The van der Waals surface area contributed by atoms with E-state index in [-0.39, 0.29) is 45.4 Å². The molecule has 0 amide bonds. The first-order valence-corrected chi connectivity index (χ1v) is 14.8. The first-order valence-electron chi connectivity index (χ1n) is 11.3. The number of aromatic nitrogens is 1. The van der Waals surface area contributed by atoms with Crippen LogP contribution in [0.15, 0.2) is 46.0 Å². The van der Waals surface area contributed by atoms with Crippen molar-refractivity contribution in [3.63, 3.8) is 0 Å². The summed E-state index contributed by atoms with van der Waals surface area (Å²) in [7, 11) is -6.44. The quantitative estimate of drug-likeness (QED) is 0.395. The summed E-state index contributed by atoms with van der Waals surface area (Å²) in [6, 6.07) is 7.98. The van der Waals surface area contributed by atoms with Crippen LogP contribution in [0.25, 0.3) is 10.9 Å². The lowest BCUT2D eigenvalue weighted by Gasteiger charge is -2.26. The Labute approximate surface area is 213 Å². The van der Waals surface area contributed by atoms with Gasteiger partial charge in [-0.15, -0.1) is 0 Å². The van der Waals surface area contributed by atoms with Crippen LogP contribution in [-0.4, -0.2) is 37.3 Å². The van der Waals surface area contributed by atoms with E-state index in [2.05, 4.69) is 14.8 Å². The number of halogens is 1. The Kier molecular flexibility index (Phi) is 6.72. The van der Waals surface area contributed by atoms with Gasteiger partial charge in [0, 0.05) is 24.7 Å². The van der Waals surface area contributed by atoms with E-state index in [4.69, 9.17) is 4.52 Å². The van der Waals surface area contributed by atoms with Crippen LogP contribution in [0.3, 0.4) is 0 Å². The van der Waals surface area contributed by atoms with Crippen molar-refractivity contribution in [3.05, 3.63) is 58.1 Å². The Morgan fingerprint density at radius 2 is 1.92 bits per heavy atom. The molecular formula is C24H28FN4O6PS. The maximum Gasteiger partial charge on any atom is 0.348 e. The predicted octanol–water partition coefficient (Wildman–Crippen LogP) is 3.99. The van der Waals surface area contributed by atoms with Crippen molar-refractivity contribution in [2.24, 2.45) is 10.2 Å². The summed E-state index contributed by atoms with van der Waals surface area (Å²) in [6.45, 7) is 6.34. The number of aryl methyl sites for hydroxylation is 1. The van der Waals surface area contributed by atoms with Gasteiger partial charge < -0.3 is 19.5 Å². The molecule has 0 radical (unpaired) electrons. The number of amidine groups is 1. The Morgan fingerprint density at radius 1 is 1.22 bits per heavy atom. The van der Waals surface area contributed by atoms with Crippen molar-refractivity contribution in [2.45, 2.75) is 33.7 Å². The van der Waals surface area contributed by atoms with Gasteiger partial charge in [-0.2, -0.15) is 4.76 Å². The van der Waals surface area contributed by atoms with Gasteiger partial charge in [-0.05, 0) is 48.2 Å². The number of fused-ring (bicyclic) bond motifs is 2. The first kappa shape index (κ1) is 26.8. The number of hydrogen-bond acceptors (Lipinski definition) is 7. The van der Waals surface area contributed by atoms with E-state index >= 15 is 0 Å². The number of benzene rings is 2. The number of nitrogens with one attached hydrogen (secondary N) is 2. The van der Waals surface area contributed by atoms with Crippen LogP contribution >= 0.6 is 7.52 Å². The molecule has 37 heavy (non-hydrogen) atoms. The average Bonchev–Trinajstić information content (AvgIpc) is 2.78. The Balaban J connectivity index is 1.93. The Morgan fingerprint density at radius 3 is 2.54 bits per heavy atom. The zero-order chi connectivity index (χ0) is 27.3. The van der Waals surface area contributed by atoms with Gasteiger partial charge in [0.25, 0.3) is 5.56 Å². The SMILES string of the molecule is COP1(=O)N=C(c2c(O)c3cc(F)ccc3n(CCC(C)(C)C)c2=O)Nc2ccc(NS(C)(=O)=O)cc21. The number of rotatable bonds is 6. The minimum atomic E-state index is -4.01. The first-order chi connectivity index (χ1) is 17.1. The molecule has 13 heteroatoms. The van der Waals surface area contributed by atoms with Crippen LogP contribution < -0.4 is 20.9 Å². The van der Waals surface area contributed by atoms with E-state index in [1.807, 2.05) is 20.8 Å². The molecule has 0 spiro atoms. The smallest absolute Gasteiger partial charge is 0.348 e. The molecule has 1 atom stereocenters. The molecule has 0 aliphatic carbocycles. The lowest BCUT2D eigenvalue weighted by molar-refractivity contribution is 0.350. The third-order valence-corrected chi connectivity index (χ3v) is 8.40. The summed E-state index contributed by atoms with van der Waals surface area (Å²) in [5.74, 6) is -1.33. The molecule has 3 aromatic rings. The molecule has 0 bridgehead atoms. The van der Waals surface area contributed by atoms with Crippen LogP contribution in [-0.2, 0) is 25.7 Å². The molecule has 1 aliphatic heterocycles. The Bertz CT molecular complexity index is 1660. The lowest BCUT2D eigenvalue weighted by atomic mass is 9.92. The summed E-state index contributed by atoms with van der Waals surface area (Å²) in [6.07, 6.45) is 1.59. The minimum absolute atomic E-state index is 0.0757. The summed E-state index contributed by atoms with van der Waals surface area (Å²) < 4.78 is 64.4. The van der Waals surface area contributed by atoms with E-state index in [0.717, 1.165) is 12.3 Å². The van der Waals surface area contributed by atoms with Crippen molar-refractivity contribution < 1.29 is 27.0 Å². The maximum absolute atomic E-state index is 14.2. The van der Waals surface area contributed by atoms with Crippen molar-refractivity contribution in [2.75, 3.05) is 23.4 Å². The van der Waals surface area contributed by atoms with Crippen molar-refractivity contribution >= 4 is 51.0 Å². The second kappa shape index (κ2) is 9.27. The van der Waals surface area contributed by atoms with E-state index in [9.17, 15) is 27.3 Å². The van der Waals surface area contributed by atoms with E-state index < -0.39 is 34.7 Å². The van der Waals surface area contributed by atoms with Gasteiger partial charge in [0.05, 0.1) is 22.8 Å². The van der Waals surface area contributed by atoms with Gasteiger partial charge in [-0.1, -0.05) is 20.8 Å². The average molecular weight is 551 g/mol. The molecule has 198 valence electrons. The van der Waals surface area contributed by atoms with Crippen LogP contribution in [0.5, 0.6) is 5.75 Å². The third kappa shape index (κ3) is 5.41. The predicted molar refractivity (Wildman–Crippen MR) is 143 cm³/mol. The van der Waals surface area contributed by atoms with Gasteiger partial charge in [-0.3, -0.25) is 14.1 Å². The molecule has 0 fully saturated rings. The number of sulfonamides is 1. The number of nitrogens with zero attached hydrogens (tertiary/aromatic N) is 2. The molecule has 2 heterocycles. The van der Waals surface area contributed by atoms with Gasteiger partial charge in [-0.25, -0.2) is 12.8 Å². The van der Waals surface area contributed by atoms with E-state index in [0.29, 0.717) is 11.9 Å². The molecule has 1 unspecified atom stereocenters. The molecule has 3 N–H and O–H groups in total. The largest absolute Gasteiger partial charge is 0.506 e. The second-order valence-electron chi connectivity index (χ2n) is 10.0. The molecule has 10 nitrogen and oxygen atoms in total. The normalized spacial score (nSPS) is 17.7. The second-order valence-corrected chi connectivity index (χ2v) is 13.9. The summed E-state index contributed by atoms with van der Waals surface area (Å²) in [5.41, 5.74) is -0.268. The lowest BCUT2D eigenvalue weighted by Crippen LogP contribution is -2.34. The van der Waals surface area contributed by atoms with Crippen molar-refractivity contribution in [1.29, 1.82) is 0 Å². The number of pyridine rings is 1. The van der Waals surface area contributed by atoms with Crippen LogP contribution in [0.2, 0.25) is 0 Å². The monoisotopic (exact) mass is 550 g/mol. The molecule has 2 aromatic carbocycles. The topological polar surface area (TPSA) is 139 Å². The standard InChI is InChI=1S/C24H28FN4O6PS/c1-24(2,3)10-11-29-18-9-6-14(25)12-16(18)21(30)20(23(29)31)22-26-17-8-7-15(28-37(5,33)34)13-19(17)36(32,27-22)35-4/h6-9,12-13,28,30H,10-11H2,1-5H3,(H,26,27,32). The maximum atomic E-state index is 14.2. The zero-order valence-corrected chi connectivity index (χ0v) is 22.7. The molecule has 4 rings (SSSR count). The fraction of sp³-hybridized carbons (Fsp3) is 0.333. The number of anilines is 2. The number of aromatic hydroxyl groups is 1. The molecule has 1 aromatic heterocycles. The molecule has 0 saturated carbocycles. The van der Waals surface area contributed by atoms with Gasteiger partial charge in [0.2, 0.25) is 10.0 Å². The minimum Gasteiger partial charge on any atom is -0.506 e. The molecular weight excluding hydrogens is 522 g/mol. The van der Waals surface area contributed by atoms with Crippen molar-refractivity contribution in [1.82, 2.24) is 4.57 Å². The molecule has 1 aliphatic rings. The highest BCUT2D eigenvalue weighted by Gasteiger charge is 2.35. The van der Waals surface area contributed by atoms with Crippen molar-refractivity contribution in [3.8, 4) is 5.75 Å². The van der Waals surface area contributed by atoms with Crippen LogP contribution in [0.4, 0.5) is 15.8 Å². The molecule has 0 saturated heterocycles. The van der Waals surface area contributed by atoms with Gasteiger partial charge in [0.15, 0.2) is 5.84 Å². The fourth-order valence-electron chi connectivity index (χ4n) is 4.03. The van der Waals surface area contributed by atoms with Gasteiger partial charge >= 0.3 is 7.52 Å². The highest BCUT2D eigenvalue weighted by molar-refractivity contribution is 7.92. The van der Waals surface area contributed by atoms with E-state index in [1.165, 1.54) is 42.0 Å². The number of hydrogen-bond donors (Lipinski definition) is 3. The third-order valence-electron chi connectivity index (χ3n) is 5.86. The zero-order valence-electron chi connectivity index (χ0n) is 21.0. The Hall–Kier alpha value is -3.21.